The van der Waals surface area contributed by atoms with Crippen molar-refractivity contribution in [1.82, 2.24) is 19.9 Å². The highest BCUT2D eigenvalue weighted by atomic mass is 32.1. The number of hydrogen-bond donors (Lipinski definition) is 3. The molecule has 3 aromatic rings. The monoisotopic (exact) mass is 453 g/mol. The van der Waals surface area contributed by atoms with Gasteiger partial charge in [0.2, 0.25) is 5.95 Å². The van der Waals surface area contributed by atoms with E-state index < -0.39 is 18.0 Å². The van der Waals surface area contributed by atoms with E-state index >= 15 is 0 Å². The van der Waals surface area contributed by atoms with Crippen molar-refractivity contribution >= 4 is 23.0 Å². The van der Waals surface area contributed by atoms with E-state index in [1.54, 1.807) is 18.3 Å². The molecule has 1 unspecified atom stereocenters. The smallest absolute Gasteiger partial charge is 0.394 e. The molecule has 1 atom stereocenters. The van der Waals surface area contributed by atoms with E-state index in [-0.39, 0.29) is 12.6 Å². The average molecular weight is 453 g/mol. The third-order valence-corrected chi connectivity index (χ3v) is 5.29. The first kappa shape index (κ1) is 23.1. The van der Waals surface area contributed by atoms with Gasteiger partial charge in [0, 0.05) is 24.6 Å². The number of aromatic nitrogens is 3. The molecule has 3 rings (SSSR count). The lowest BCUT2D eigenvalue weighted by atomic mass is 10.1. The van der Waals surface area contributed by atoms with Gasteiger partial charge in [-0.25, -0.2) is 15.0 Å². The standard InChI is InChI=1S/C20H22F3N5O2S/c1-12-5-13(16-8-25-18(31-16)10-28(2)9-15(30)11-29)7-14(6-12)26-19-24-4-3-17(27-19)20(21,22)23/h3-8,15,29-30H,9-11H2,1-2H3,(H,24,26,27). The second kappa shape index (κ2) is 9.69. The average Bonchev–Trinajstić information content (AvgIpc) is 3.15. The maximum absolute atomic E-state index is 12.9. The maximum Gasteiger partial charge on any atom is 0.433 e. The van der Waals surface area contributed by atoms with Crippen molar-refractivity contribution in [3.8, 4) is 10.4 Å². The van der Waals surface area contributed by atoms with Gasteiger partial charge in [-0.15, -0.1) is 11.3 Å². The summed E-state index contributed by atoms with van der Waals surface area (Å²) in [6.45, 7) is 2.41. The molecule has 0 aliphatic heterocycles. The van der Waals surface area contributed by atoms with Gasteiger partial charge in [-0.2, -0.15) is 13.2 Å². The molecule has 0 fully saturated rings. The zero-order chi connectivity index (χ0) is 22.6. The van der Waals surface area contributed by atoms with Crippen LogP contribution in [0.4, 0.5) is 24.8 Å². The molecule has 3 N–H and O–H groups in total. The van der Waals surface area contributed by atoms with Crippen molar-refractivity contribution in [2.75, 3.05) is 25.5 Å². The predicted octanol–water partition coefficient (Wildman–Crippen LogP) is 3.46. The molecule has 2 heterocycles. The largest absolute Gasteiger partial charge is 0.433 e. The van der Waals surface area contributed by atoms with Gasteiger partial charge in [-0.1, -0.05) is 6.07 Å². The van der Waals surface area contributed by atoms with Crippen LogP contribution in [0.15, 0.2) is 36.7 Å². The van der Waals surface area contributed by atoms with Gasteiger partial charge < -0.3 is 15.5 Å². The number of benzene rings is 1. The van der Waals surface area contributed by atoms with Crippen molar-refractivity contribution in [2.45, 2.75) is 25.7 Å². The number of hydrogen-bond acceptors (Lipinski definition) is 8. The first-order chi connectivity index (χ1) is 14.6. The summed E-state index contributed by atoms with van der Waals surface area (Å²) in [4.78, 5) is 14.6. The van der Waals surface area contributed by atoms with Crippen molar-refractivity contribution in [3.05, 3.63) is 52.9 Å². The molecule has 7 nitrogen and oxygen atoms in total. The number of rotatable bonds is 8. The Hall–Kier alpha value is -2.60. The fourth-order valence-electron chi connectivity index (χ4n) is 2.93. The molecular weight excluding hydrogens is 431 g/mol. The Bertz CT molecular complexity index is 1030. The fraction of sp³-hybridized carbons (Fsp3) is 0.350. The van der Waals surface area contributed by atoms with Crippen molar-refractivity contribution < 1.29 is 23.4 Å². The van der Waals surface area contributed by atoms with Crippen LogP contribution in [0, 0.1) is 6.92 Å². The van der Waals surface area contributed by atoms with Gasteiger partial charge in [0.05, 0.1) is 24.1 Å². The number of anilines is 2. The molecule has 0 aliphatic carbocycles. The number of likely N-dealkylation sites (N-methyl/N-ethyl adjacent to an activating group) is 1. The van der Waals surface area contributed by atoms with E-state index in [1.807, 2.05) is 24.9 Å². The van der Waals surface area contributed by atoms with Gasteiger partial charge in [-0.3, -0.25) is 4.90 Å². The van der Waals surface area contributed by atoms with Gasteiger partial charge in [0.1, 0.15) is 10.7 Å². The highest BCUT2D eigenvalue weighted by Gasteiger charge is 2.32. The number of thiazole rings is 1. The van der Waals surface area contributed by atoms with Gasteiger partial charge in [0.15, 0.2) is 0 Å². The molecule has 0 spiro atoms. The maximum atomic E-state index is 12.9. The molecule has 0 amide bonds. The number of aliphatic hydroxyl groups excluding tert-OH is 2. The minimum Gasteiger partial charge on any atom is -0.394 e. The Labute approximate surface area is 181 Å². The third kappa shape index (κ3) is 6.44. The van der Waals surface area contributed by atoms with Crippen LogP contribution in [0.5, 0.6) is 0 Å². The number of aryl methyl sites for hydroxylation is 1. The minimum absolute atomic E-state index is 0.138. The lowest BCUT2D eigenvalue weighted by Gasteiger charge is -2.17. The molecule has 1 aromatic carbocycles. The van der Waals surface area contributed by atoms with Crippen LogP contribution in [0.1, 0.15) is 16.3 Å². The summed E-state index contributed by atoms with van der Waals surface area (Å²) >= 11 is 1.47. The summed E-state index contributed by atoms with van der Waals surface area (Å²) in [5, 5.41) is 22.2. The molecule has 0 aliphatic rings. The Morgan fingerprint density at radius 2 is 2.00 bits per heavy atom. The zero-order valence-corrected chi connectivity index (χ0v) is 17.7. The molecule has 166 valence electrons. The zero-order valence-electron chi connectivity index (χ0n) is 16.9. The van der Waals surface area contributed by atoms with Crippen LogP contribution in [0.3, 0.4) is 0 Å². The summed E-state index contributed by atoms with van der Waals surface area (Å²) in [5.74, 6) is -0.138. The third-order valence-electron chi connectivity index (χ3n) is 4.26. The first-order valence-corrected chi connectivity index (χ1v) is 10.2. The van der Waals surface area contributed by atoms with Gasteiger partial charge >= 0.3 is 6.18 Å². The molecule has 2 aromatic heterocycles. The molecule has 0 saturated heterocycles. The Balaban J connectivity index is 1.77. The van der Waals surface area contributed by atoms with Crippen LogP contribution in [0.25, 0.3) is 10.4 Å². The van der Waals surface area contributed by atoms with Crippen LogP contribution >= 0.6 is 11.3 Å². The molecule has 31 heavy (non-hydrogen) atoms. The van der Waals surface area contributed by atoms with Crippen molar-refractivity contribution in [1.29, 1.82) is 0 Å². The Kier molecular flexibility index (Phi) is 7.21. The molecule has 11 heteroatoms. The van der Waals surface area contributed by atoms with E-state index in [1.165, 1.54) is 11.3 Å². The second-order valence-corrected chi connectivity index (χ2v) is 8.24. The first-order valence-electron chi connectivity index (χ1n) is 9.35. The highest BCUT2D eigenvalue weighted by Crippen LogP contribution is 2.31. The Morgan fingerprint density at radius 1 is 1.23 bits per heavy atom. The van der Waals surface area contributed by atoms with E-state index in [9.17, 15) is 18.3 Å². The fourth-order valence-corrected chi connectivity index (χ4v) is 3.92. The summed E-state index contributed by atoms with van der Waals surface area (Å²) in [5.41, 5.74) is 1.31. The second-order valence-electron chi connectivity index (χ2n) is 7.13. The normalized spacial score (nSPS) is 12.9. The number of halogens is 3. The summed E-state index contributed by atoms with van der Waals surface area (Å²) in [6, 6.07) is 6.36. The van der Waals surface area contributed by atoms with Crippen LogP contribution in [0.2, 0.25) is 0 Å². The predicted molar refractivity (Wildman–Crippen MR) is 112 cm³/mol. The van der Waals surface area contributed by atoms with Crippen molar-refractivity contribution in [3.63, 3.8) is 0 Å². The van der Waals surface area contributed by atoms with E-state index in [2.05, 4.69) is 20.3 Å². The molecular formula is C20H22F3N5O2S. The van der Waals surface area contributed by atoms with Crippen LogP contribution in [-0.4, -0.2) is 56.4 Å². The lowest BCUT2D eigenvalue weighted by molar-refractivity contribution is -0.141. The van der Waals surface area contributed by atoms with Crippen LogP contribution in [-0.2, 0) is 12.7 Å². The quantitative estimate of drug-likeness (QED) is 0.481. The van der Waals surface area contributed by atoms with Crippen molar-refractivity contribution in [2.24, 2.45) is 0 Å². The highest BCUT2D eigenvalue weighted by molar-refractivity contribution is 7.15. The summed E-state index contributed by atoms with van der Waals surface area (Å²) in [6.07, 6.45) is -2.56. The van der Waals surface area contributed by atoms with E-state index in [0.29, 0.717) is 18.8 Å². The van der Waals surface area contributed by atoms with Gasteiger partial charge in [-0.05, 0) is 43.3 Å². The number of alkyl halides is 3. The van der Waals surface area contributed by atoms with Crippen LogP contribution < -0.4 is 5.32 Å². The topological polar surface area (TPSA) is 94.4 Å². The number of nitrogens with one attached hydrogen (secondary N) is 1. The lowest BCUT2D eigenvalue weighted by Crippen LogP contribution is -2.30. The van der Waals surface area contributed by atoms with E-state index in [4.69, 9.17) is 5.11 Å². The summed E-state index contributed by atoms with van der Waals surface area (Å²) in [7, 11) is 1.82. The molecule has 0 saturated carbocycles. The van der Waals surface area contributed by atoms with Gasteiger partial charge in [0.25, 0.3) is 0 Å². The SMILES string of the molecule is Cc1cc(Nc2nccc(C(F)(F)F)n2)cc(-c2cnc(CN(C)CC(O)CO)s2)c1. The summed E-state index contributed by atoms with van der Waals surface area (Å²) < 4.78 is 38.7. The Morgan fingerprint density at radius 3 is 2.71 bits per heavy atom. The number of nitrogens with zero attached hydrogens (tertiary/aromatic N) is 4. The molecule has 0 bridgehead atoms. The molecule has 0 radical (unpaired) electrons. The minimum atomic E-state index is -4.55. The number of aliphatic hydroxyl groups is 2. The van der Waals surface area contributed by atoms with E-state index in [0.717, 1.165) is 33.3 Å².